The molecule has 21 heavy (non-hydrogen) atoms. The standard InChI is InChI=1S/C11H12N2O3.C2H3F3/c1-8-5-12(7-14)6-9-4-10(13(15)16)2-3-11(8)9;1-2(3,4)5/h2-4,7-8H,5-6H2,1H3;1H3. The summed E-state index contributed by atoms with van der Waals surface area (Å²) >= 11 is 0. The Morgan fingerprint density at radius 3 is 2.48 bits per heavy atom. The third-order valence-electron chi connectivity index (χ3n) is 2.90. The Labute approximate surface area is 119 Å². The van der Waals surface area contributed by atoms with Gasteiger partial charge in [0.05, 0.1) is 4.92 Å². The van der Waals surface area contributed by atoms with Crippen LogP contribution in [0.1, 0.15) is 30.9 Å². The second kappa shape index (κ2) is 6.55. The summed E-state index contributed by atoms with van der Waals surface area (Å²) in [6.45, 7) is 3.34. The molecule has 1 heterocycles. The van der Waals surface area contributed by atoms with Crippen LogP contribution in [-0.4, -0.2) is 29.0 Å². The number of benzene rings is 1. The van der Waals surface area contributed by atoms with E-state index >= 15 is 0 Å². The minimum absolute atomic E-state index is 0.0821. The monoisotopic (exact) mass is 304 g/mol. The van der Waals surface area contributed by atoms with Crippen molar-refractivity contribution in [1.29, 1.82) is 0 Å². The van der Waals surface area contributed by atoms with Gasteiger partial charge in [0, 0.05) is 32.1 Å². The van der Waals surface area contributed by atoms with Gasteiger partial charge in [0.2, 0.25) is 6.41 Å². The first-order chi connectivity index (χ1) is 9.61. The third-order valence-corrected chi connectivity index (χ3v) is 2.90. The van der Waals surface area contributed by atoms with E-state index in [1.165, 1.54) is 6.07 Å². The molecule has 0 bridgehead atoms. The number of halogens is 3. The largest absolute Gasteiger partial charge is 0.386 e. The van der Waals surface area contributed by atoms with Gasteiger partial charge in [-0.1, -0.05) is 13.0 Å². The van der Waals surface area contributed by atoms with Gasteiger partial charge in [-0.3, -0.25) is 14.9 Å². The molecule has 0 radical (unpaired) electrons. The smallest absolute Gasteiger partial charge is 0.340 e. The van der Waals surface area contributed by atoms with Crippen LogP contribution in [-0.2, 0) is 11.3 Å². The molecule has 1 aliphatic rings. The van der Waals surface area contributed by atoms with Gasteiger partial charge >= 0.3 is 6.18 Å². The average Bonchev–Trinajstić information content (AvgIpc) is 2.35. The average molecular weight is 304 g/mol. The molecular formula is C13H15F3N2O3. The van der Waals surface area contributed by atoms with Crippen molar-refractivity contribution < 1.29 is 22.9 Å². The number of fused-ring (bicyclic) bond motifs is 1. The van der Waals surface area contributed by atoms with Crippen LogP contribution in [0.5, 0.6) is 0 Å². The molecule has 0 N–H and O–H groups in total. The highest BCUT2D eigenvalue weighted by Crippen LogP contribution is 2.29. The molecule has 0 saturated carbocycles. The minimum Gasteiger partial charge on any atom is -0.340 e. The van der Waals surface area contributed by atoms with E-state index in [4.69, 9.17) is 0 Å². The summed E-state index contributed by atoms with van der Waals surface area (Å²) in [6, 6.07) is 4.87. The molecule has 1 atom stereocenters. The lowest BCUT2D eigenvalue weighted by molar-refractivity contribution is -0.385. The van der Waals surface area contributed by atoms with Crippen molar-refractivity contribution >= 4 is 12.1 Å². The third kappa shape index (κ3) is 5.41. The van der Waals surface area contributed by atoms with Gasteiger partial charge in [0.1, 0.15) is 0 Å². The summed E-state index contributed by atoms with van der Waals surface area (Å²) in [5.41, 5.74) is 2.06. The second-order valence-corrected chi connectivity index (χ2v) is 4.86. The Hall–Kier alpha value is -2.12. The molecule has 0 saturated heterocycles. The fourth-order valence-electron chi connectivity index (χ4n) is 2.14. The Morgan fingerprint density at radius 2 is 2.00 bits per heavy atom. The van der Waals surface area contributed by atoms with Crippen LogP contribution >= 0.6 is 0 Å². The van der Waals surface area contributed by atoms with E-state index < -0.39 is 11.1 Å². The number of carbonyl (C=O) groups excluding carboxylic acids is 1. The van der Waals surface area contributed by atoms with E-state index in [1.807, 2.05) is 6.92 Å². The maximum Gasteiger partial charge on any atom is 0.386 e. The molecule has 1 aliphatic heterocycles. The van der Waals surface area contributed by atoms with Gasteiger partial charge in [-0.15, -0.1) is 0 Å². The number of amides is 1. The van der Waals surface area contributed by atoms with Crippen molar-refractivity contribution in [2.24, 2.45) is 0 Å². The molecule has 2 rings (SSSR count). The molecule has 0 aromatic heterocycles. The molecule has 1 aromatic rings. The maximum atomic E-state index is 10.7. The highest BCUT2D eigenvalue weighted by atomic mass is 19.4. The van der Waals surface area contributed by atoms with E-state index in [1.54, 1.807) is 17.0 Å². The van der Waals surface area contributed by atoms with E-state index in [9.17, 15) is 28.1 Å². The molecule has 0 fully saturated rings. The van der Waals surface area contributed by atoms with Gasteiger partial charge in [0.25, 0.3) is 5.69 Å². The number of rotatable bonds is 2. The van der Waals surface area contributed by atoms with Crippen LogP contribution in [0.4, 0.5) is 18.9 Å². The van der Waals surface area contributed by atoms with Crippen LogP contribution in [0, 0.1) is 10.1 Å². The lowest BCUT2D eigenvalue weighted by Crippen LogP contribution is -2.31. The van der Waals surface area contributed by atoms with Gasteiger partial charge < -0.3 is 4.90 Å². The number of non-ortho nitro benzene ring substituents is 1. The zero-order chi connectivity index (χ0) is 16.2. The number of nitro groups is 1. The Morgan fingerprint density at radius 1 is 1.43 bits per heavy atom. The maximum absolute atomic E-state index is 10.7. The summed E-state index contributed by atoms with van der Waals surface area (Å²) in [5.74, 6) is 0.231. The number of nitrogens with zero attached hydrogens (tertiary/aromatic N) is 2. The van der Waals surface area contributed by atoms with Crippen LogP contribution < -0.4 is 0 Å². The van der Waals surface area contributed by atoms with Crippen molar-refractivity contribution in [3.63, 3.8) is 0 Å². The summed E-state index contributed by atoms with van der Waals surface area (Å²) < 4.78 is 31.1. The van der Waals surface area contributed by atoms with Crippen molar-refractivity contribution in [1.82, 2.24) is 4.90 Å². The molecule has 5 nitrogen and oxygen atoms in total. The van der Waals surface area contributed by atoms with Crippen LogP contribution in [0.25, 0.3) is 0 Å². The van der Waals surface area contributed by atoms with Crippen molar-refractivity contribution in [3.05, 3.63) is 39.4 Å². The predicted molar refractivity (Wildman–Crippen MR) is 69.7 cm³/mol. The quantitative estimate of drug-likeness (QED) is 0.478. The predicted octanol–water partition coefficient (Wildman–Crippen LogP) is 3.24. The summed E-state index contributed by atoms with van der Waals surface area (Å²) in [5, 5.41) is 10.6. The summed E-state index contributed by atoms with van der Waals surface area (Å²) in [7, 11) is 0. The normalized spacial score (nSPS) is 17.4. The van der Waals surface area contributed by atoms with Gasteiger partial charge in [-0.2, -0.15) is 13.2 Å². The van der Waals surface area contributed by atoms with Gasteiger partial charge in [0.15, 0.2) is 0 Å². The molecule has 0 aliphatic carbocycles. The van der Waals surface area contributed by atoms with E-state index in [-0.39, 0.29) is 18.5 Å². The van der Waals surface area contributed by atoms with E-state index in [0.29, 0.717) is 13.1 Å². The Bertz CT molecular complexity index is 526. The molecule has 8 heteroatoms. The Balaban J connectivity index is 0.000000383. The molecule has 116 valence electrons. The van der Waals surface area contributed by atoms with Crippen LogP contribution in [0.3, 0.4) is 0 Å². The number of hydrogen-bond donors (Lipinski definition) is 0. The highest BCUT2D eigenvalue weighted by molar-refractivity contribution is 5.51. The topological polar surface area (TPSA) is 63.5 Å². The van der Waals surface area contributed by atoms with E-state index in [2.05, 4.69) is 0 Å². The summed E-state index contributed by atoms with van der Waals surface area (Å²) in [4.78, 5) is 22.6. The number of hydrogen-bond acceptors (Lipinski definition) is 3. The number of nitro benzene ring substituents is 1. The first kappa shape index (κ1) is 16.9. The SMILES string of the molecule is CC(F)(F)F.CC1CN(C=O)Cc2cc([N+](=O)[O-])ccc21. The molecule has 0 spiro atoms. The van der Waals surface area contributed by atoms with E-state index in [0.717, 1.165) is 17.5 Å². The fraction of sp³-hybridized carbons (Fsp3) is 0.462. The number of alkyl halides is 3. The van der Waals surface area contributed by atoms with Gasteiger partial charge in [-0.25, -0.2) is 0 Å². The zero-order valence-electron chi connectivity index (χ0n) is 11.6. The van der Waals surface area contributed by atoms with Crippen LogP contribution in [0.15, 0.2) is 18.2 Å². The molecular weight excluding hydrogens is 289 g/mol. The lowest BCUT2D eigenvalue weighted by Gasteiger charge is -2.30. The van der Waals surface area contributed by atoms with Crippen molar-refractivity contribution in [2.45, 2.75) is 32.5 Å². The number of carbonyl (C=O) groups is 1. The van der Waals surface area contributed by atoms with Crippen molar-refractivity contribution in [2.75, 3.05) is 6.54 Å². The zero-order valence-corrected chi connectivity index (χ0v) is 11.6. The lowest BCUT2D eigenvalue weighted by atomic mass is 9.91. The van der Waals surface area contributed by atoms with Crippen LogP contribution in [0.2, 0.25) is 0 Å². The first-order valence-electron chi connectivity index (χ1n) is 6.15. The minimum atomic E-state index is -4.00. The molecule has 1 aromatic carbocycles. The first-order valence-corrected chi connectivity index (χ1v) is 6.15. The molecule has 1 amide bonds. The fourth-order valence-corrected chi connectivity index (χ4v) is 2.14. The second-order valence-electron chi connectivity index (χ2n) is 4.86. The van der Waals surface area contributed by atoms with Crippen molar-refractivity contribution in [3.8, 4) is 0 Å². The highest BCUT2D eigenvalue weighted by Gasteiger charge is 2.23. The Kier molecular flexibility index (Phi) is 5.28. The van der Waals surface area contributed by atoms with Gasteiger partial charge in [-0.05, 0) is 17.0 Å². The molecule has 1 unspecified atom stereocenters. The summed E-state index contributed by atoms with van der Waals surface area (Å²) in [6.07, 6.45) is -3.21.